The van der Waals surface area contributed by atoms with E-state index in [0.717, 1.165) is 0 Å². The van der Waals surface area contributed by atoms with Gasteiger partial charge in [0.1, 0.15) is 0 Å². The number of carbonyl (C=O) groups is 2. The van der Waals surface area contributed by atoms with Gasteiger partial charge >= 0.3 is 5.97 Å². The van der Waals surface area contributed by atoms with E-state index in [4.69, 9.17) is 5.73 Å². The Balaban J connectivity index is 4.38. The molecule has 0 unspecified atom stereocenters. The number of nitrogens with zero attached hydrogens (tertiary/aromatic N) is 1. The zero-order chi connectivity index (χ0) is 15.1. The van der Waals surface area contributed by atoms with Gasteiger partial charge in [-0.05, 0) is 13.8 Å². The second kappa shape index (κ2) is 8.11. The Kier molecular flexibility index (Phi) is 7.62. The molecule has 0 bridgehead atoms. The lowest BCUT2D eigenvalue weighted by Gasteiger charge is -2.24. The Morgan fingerprint density at radius 1 is 1.26 bits per heavy atom. The van der Waals surface area contributed by atoms with Gasteiger partial charge in [0.05, 0.1) is 25.2 Å². The first kappa shape index (κ1) is 17.8. The van der Waals surface area contributed by atoms with Gasteiger partial charge in [-0.1, -0.05) is 0 Å². The molecule has 0 saturated carbocycles. The number of hydrogen-bond acceptors (Lipinski definition) is 6. The third-order valence-electron chi connectivity index (χ3n) is 2.64. The Morgan fingerprint density at radius 3 is 2.26 bits per heavy atom. The third kappa shape index (κ3) is 8.55. The highest BCUT2D eigenvalue weighted by Crippen LogP contribution is 2.02. The summed E-state index contributed by atoms with van der Waals surface area (Å²) in [5, 5.41) is 0. The maximum Gasteiger partial charge on any atom is 0.319 e. The van der Waals surface area contributed by atoms with Gasteiger partial charge in [0.15, 0.2) is 9.84 Å². The number of nitrogens with two attached hydrogens (primary N) is 1. The second-order valence-corrected chi connectivity index (χ2v) is 6.81. The van der Waals surface area contributed by atoms with Gasteiger partial charge in [0.2, 0.25) is 5.91 Å². The monoisotopic (exact) mass is 294 g/mol. The minimum Gasteiger partial charge on any atom is -0.468 e. The van der Waals surface area contributed by atoms with Crippen molar-refractivity contribution in [3.05, 3.63) is 0 Å². The van der Waals surface area contributed by atoms with E-state index in [-0.39, 0.29) is 37.1 Å². The summed E-state index contributed by atoms with van der Waals surface area (Å²) < 4.78 is 27.9. The minimum atomic E-state index is -3.34. The predicted octanol–water partition coefficient (Wildman–Crippen LogP) is -0.840. The Hall–Kier alpha value is -1.15. The number of primary amides is 1. The molecule has 19 heavy (non-hydrogen) atoms. The number of sulfone groups is 1. The molecule has 7 nitrogen and oxygen atoms in total. The Morgan fingerprint density at radius 2 is 1.84 bits per heavy atom. The summed E-state index contributed by atoms with van der Waals surface area (Å²) in [5.74, 6) is -1.43. The normalized spacial score (nSPS) is 11.8. The van der Waals surface area contributed by atoms with E-state index in [1.165, 1.54) is 7.11 Å². The minimum absolute atomic E-state index is 0.0189. The SMILES string of the molecule is COC(=O)CN(CCS(=O)(=O)CCC(N)=O)C(C)C. The number of carbonyl (C=O) groups excluding carboxylic acids is 2. The van der Waals surface area contributed by atoms with Gasteiger partial charge < -0.3 is 10.5 Å². The van der Waals surface area contributed by atoms with Crippen LogP contribution in [-0.2, 0) is 24.2 Å². The molecule has 0 aromatic carbocycles. The highest BCUT2D eigenvalue weighted by atomic mass is 32.2. The van der Waals surface area contributed by atoms with E-state index in [9.17, 15) is 18.0 Å². The zero-order valence-electron chi connectivity index (χ0n) is 11.6. The molecule has 1 amide bonds. The quantitative estimate of drug-likeness (QED) is 0.556. The average Bonchev–Trinajstić information content (AvgIpc) is 2.31. The highest BCUT2D eigenvalue weighted by Gasteiger charge is 2.19. The van der Waals surface area contributed by atoms with E-state index >= 15 is 0 Å². The fourth-order valence-corrected chi connectivity index (χ4v) is 2.59. The van der Waals surface area contributed by atoms with Gasteiger partial charge in [-0.25, -0.2) is 8.42 Å². The van der Waals surface area contributed by atoms with Crippen molar-refractivity contribution < 1.29 is 22.7 Å². The number of hydrogen-bond donors (Lipinski definition) is 1. The van der Waals surface area contributed by atoms with Crippen LogP contribution in [0.25, 0.3) is 0 Å². The van der Waals surface area contributed by atoms with E-state index in [1.807, 2.05) is 13.8 Å². The van der Waals surface area contributed by atoms with Gasteiger partial charge in [-0.15, -0.1) is 0 Å². The van der Waals surface area contributed by atoms with Gasteiger partial charge in [-0.2, -0.15) is 0 Å². The van der Waals surface area contributed by atoms with Crippen molar-refractivity contribution in [2.45, 2.75) is 26.3 Å². The smallest absolute Gasteiger partial charge is 0.319 e. The molecule has 0 aliphatic rings. The number of amides is 1. The summed E-state index contributed by atoms with van der Waals surface area (Å²) in [6.07, 6.45) is -0.180. The van der Waals surface area contributed by atoms with Crippen LogP contribution in [0.5, 0.6) is 0 Å². The summed E-state index contributed by atoms with van der Waals surface area (Å²) in [5.41, 5.74) is 4.91. The molecule has 2 N–H and O–H groups in total. The summed E-state index contributed by atoms with van der Waals surface area (Å²) in [7, 11) is -2.06. The summed E-state index contributed by atoms with van der Waals surface area (Å²) >= 11 is 0. The highest BCUT2D eigenvalue weighted by molar-refractivity contribution is 7.91. The number of ether oxygens (including phenoxy) is 1. The van der Waals surface area contributed by atoms with Gasteiger partial charge in [-0.3, -0.25) is 14.5 Å². The van der Waals surface area contributed by atoms with Crippen LogP contribution in [0, 0.1) is 0 Å². The standard InChI is InChI=1S/C11H22N2O5S/c1-9(2)13(8-11(15)18-3)5-7-19(16,17)6-4-10(12)14/h9H,4-8H2,1-3H3,(H2,12,14). The lowest BCUT2D eigenvalue weighted by molar-refractivity contribution is -0.142. The molecule has 0 saturated heterocycles. The van der Waals surface area contributed by atoms with Crippen LogP contribution in [0.1, 0.15) is 20.3 Å². The van der Waals surface area contributed by atoms with Gasteiger partial charge in [0, 0.05) is 19.0 Å². The third-order valence-corrected chi connectivity index (χ3v) is 4.27. The van der Waals surface area contributed by atoms with Crippen LogP contribution in [0.15, 0.2) is 0 Å². The second-order valence-electron chi connectivity index (χ2n) is 4.51. The number of methoxy groups -OCH3 is 1. The summed E-state index contributed by atoms with van der Waals surface area (Å²) in [4.78, 5) is 23.5. The van der Waals surface area contributed by atoms with Crippen LogP contribution in [-0.4, -0.2) is 62.9 Å². The van der Waals surface area contributed by atoms with E-state index in [1.54, 1.807) is 4.90 Å². The van der Waals surface area contributed by atoms with Crippen molar-refractivity contribution in [1.29, 1.82) is 0 Å². The molecule has 0 aromatic heterocycles. The molecule has 0 heterocycles. The van der Waals surface area contributed by atoms with Crippen LogP contribution >= 0.6 is 0 Å². The van der Waals surface area contributed by atoms with Gasteiger partial charge in [0.25, 0.3) is 0 Å². The Bertz CT molecular complexity index is 405. The van der Waals surface area contributed by atoms with E-state index in [2.05, 4.69) is 4.74 Å². The van der Waals surface area contributed by atoms with Crippen molar-refractivity contribution >= 4 is 21.7 Å². The van der Waals surface area contributed by atoms with Crippen LogP contribution < -0.4 is 5.73 Å². The molecule has 0 radical (unpaired) electrons. The molecular weight excluding hydrogens is 272 g/mol. The maximum absolute atomic E-state index is 11.7. The predicted molar refractivity (Wildman–Crippen MR) is 71.2 cm³/mol. The zero-order valence-corrected chi connectivity index (χ0v) is 12.4. The van der Waals surface area contributed by atoms with Crippen LogP contribution in [0.2, 0.25) is 0 Å². The molecule has 0 fully saturated rings. The van der Waals surface area contributed by atoms with Crippen molar-refractivity contribution in [2.24, 2.45) is 5.73 Å². The first-order valence-electron chi connectivity index (χ1n) is 5.97. The fraction of sp³-hybridized carbons (Fsp3) is 0.818. The molecule has 112 valence electrons. The number of esters is 1. The lowest BCUT2D eigenvalue weighted by atomic mass is 10.3. The topological polar surface area (TPSA) is 107 Å². The van der Waals surface area contributed by atoms with E-state index < -0.39 is 21.7 Å². The van der Waals surface area contributed by atoms with Crippen LogP contribution in [0.4, 0.5) is 0 Å². The van der Waals surface area contributed by atoms with Crippen molar-refractivity contribution in [3.63, 3.8) is 0 Å². The molecule has 8 heteroatoms. The first-order chi connectivity index (χ1) is 8.68. The van der Waals surface area contributed by atoms with Crippen LogP contribution in [0.3, 0.4) is 0 Å². The average molecular weight is 294 g/mol. The lowest BCUT2D eigenvalue weighted by Crippen LogP contribution is -2.39. The summed E-state index contributed by atoms with van der Waals surface area (Å²) in [6.45, 7) is 3.98. The summed E-state index contributed by atoms with van der Waals surface area (Å²) in [6, 6.07) is 0.0189. The van der Waals surface area contributed by atoms with E-state index in [0.29, 0.717) is 0 Å². The molecule has 0 aliphatic carbocycles. The Labute approximate surface area is 114 Å². The molecular formula is C11H22N2O5S. The van der Waals surface area contributed by atoms with Crippen molar-refractivity contribution in [1.82, 2.24) is 4.90 Å². The fourth-order valence-electron chi connectivity index (χ4n) is 1.36. The largest absolute Gasteiger partial charge is 0.468 e. The first-order valence-corrected chi connectivity index (χ1v) is 7.79. The molecule has 0 spiro atoms. The molecule has 0 aliphatic heterocycles. The molecule has 0 aromatic rings. The van der Waals surface area contributed by atoms with Crippen molar-refractivity contribution in [3.8, 4) is 0 Å². The molecule has 0 rings (SSSR count). The molecule has 0 atom stereocenters. The number of rotatable bonds is 9. The van der Waals surface area contributed by atoms with Crippen molar-refractivity contribution in [2.75, 3.05) is 31.7 Å². The maximum atomic E-state index is 11.7.